The summed E-state index contributed by atoms with van der Waals surface area (Å²) in [5.41, 5.74) is 3.90. The normalized spacial score (nSPS) is 14.0. The SMILES string of the molecule is CCCn1c(=NC(=O)c2ccc(C)c(C)c2)sc2cc3c(cc21)OCCO3. The summed E-state index contributed by atoms with van der Waals surface area (Å²) in [6.07, 6.45) is 0.950. The number of nitrogens with zero attached hydrogens (tertiary/aromatic N) is 2. The third-order valence-corrected chi connectivity index (χ3v) is 5.79. The van der Waals surface area contributed by atoms with Gasteiger partial charge < -0.3 is 14.0 Å². The second-order valence-electron chi connectivity index (χ2n) is 6.72. The molecule has 2 heterocycles. The van der Waals surface area contributed by atoms with E-state index in [2.05, 4.69) is 16.5 Å². The number of thiazole rings is 1. The lowest BCUT2D eigenvalue weighted by atomic mass is 10.1. The molecule has 0 fully saturated rings. The van der Waals surface area contributed by atoms with Crippen LogP contribution in [0.25, 0.3) is 10.2 Å². The van der Waals surface area contributed by atoms with E-state index in [1.54, 1.807) is 0 Å². The highest BCUT2D eigenvalue weighted by Crippen LogP contribution is 2.35. The molecule has 0 unspecified atom stereocenters. The zero-order chi connectivity index (χ0) is 19.0. The van der Waals surface area contributed by atoms with Crippen molar-refractivity contribution in [2.24, 2.45) is 4.99 Å². The van der Waals surface area contributed by atoms with Gasteiger partial charge in [-0.3, -0.25) is 4.79 Å². The number of amides is 1. The zero-order valence-electron chi connectivity index (χ0n) is 15.7. The van der Waals surface area contributed by atoms with Crippen molar-refractivity contribution in [1.29, 1.82) is 0 Å². The third-order valence-electron chi connectivity index (χ3n) is 4.74. The molecule has 1 aliphatic rings. The Morgan fingerprint density at radius 2 is 1.85 bits per heavy atom. The largest absolute Gasteiger partial charge is 0.486 e. The quantitative estimate of drug-likeness (QED) is 0.681. The van der Waals surface area contributed by atoms with Gasteiger partial charge in [0.15, 0.2) is 16.3 Å². The lowest BCUT2D eigenvalue weighted by Crippen LogP contribution is -2.17. The highest BCUT2D eigenvalue weighted by molar-refractivity contribution is 7.16. The Hall–Kier alpha value is -2.60. The van der Waals surface area contributed by atoms with E-state index < -0.39 is 0 Å². The Balaban J connectivity index is 1.84. The van der Waals surface area contributed by atoms with Crippen molar-refractivity contribution in [1.82, 2.24) is 4.57 Å². The monoisotopic (exact) mass is 382 g/mol. The average Bonchev–Trinajstić information content (AvgIpc) is 2.98. The maximum atomic E-state index is 12.7. The molecule has 3 aromatic rings. The van der Waals surface area contributed by atoms with Crippen LogP contribution in [0.1, 0.15) is 34.8 Å². The minimum absolute atomic E-state index is 0.216. The van der Waals surface area contributed by atoms with Crippen LogP contribution in [0.3, 0.4) is 0 Å². The topological polar surface area (TPSA) is 52.8 Å². The summed E-state index contributed by atoms with van der Waals surface area (Å²) in [5.74, 6) is 1.29. The van der Waals surface area contributed by atoms with Gasteiger partial charge in [-0.15, -0.1) is 0 Å². The number of rotatable bonds is 3. The fourth-order valence-corrected chi connectivity index (χ4v) is 4.22. The molecular formula is C21H22N2O3S. The van der Waals surface area contributed by atoms with Gasteiger partial charge in [-0.25, -0.2) is 0 Å². The van der Waals surface area contributed by atoms with E-state index in [4.69, 9.17) is 9.47 Å². The molecule has 1 aliphatic heterocycles. The summed E-state index contributed by atoms with van der Waals surface area (Å²) >= 11 is 1.51. The second-order valence-corrected chi connectivity index (χ2v) is 7.72. The first-order valence-electron chi connectivity index (χ1n) is 9.16. The Morgan fingerprint density at radius 1 is 1.11 bits per heavy atom. The van der Waals surface area contributed by atoms with Crippen molar-refractivity contribution in [3.8, 4) is 11.5 Å². The summed E-state index contributed by atoms with van der Waals surface area (Å²) in [5, 5.41) is 0. The first kappa shape index (κ1) is 17.8. The Bertz CT molecular complexity index is 1090. The lowest BCUT2D eigenvalue weighted by Gasteiger charge is -2.18. The van der Waals surface area contributed by atoms with Crippen molar-refractivity contribution >= 4 is 27.5 Å². The number of hydrogen-bond acceptors (Lipinski definition) is 4. The predicted octanol–water partition coefficient (Wildman–Crippen LogP) is 4.24. The lowest BCUT2D eigenvalue weighted by molar-refractivity contribution is 0.0997. The molecular weight excluding hydrogens is 360 g/mol. The first-order valence-corrected chi connectivity index (χ1v) is 9.97. The molecule has 1 amide bonds. The van der Waals surface area contributed by atoms with Crippen LogP contribution in [-0.2, 0) is 6.54 Å². The van der Waals surface area contributed by atoms with Crippen LogP contribution < -0.4 is 14.3 Å². The van der Waals surface area contributed by atoms with Gasteiger partial charge >= 0.3 is 0 Å². The van der Waals surface area contributed by atoms with Gasteiger partial charge in [0.05, 0.1) is 10.2 Å². The summed E-state index contributed by atoms with van der Waals surface area (Å²) < 4.78 is 14.5. The zero-order valence-corrected chi connectivity index (χ0v) is 16.6. The van der Waals surface area contributed by atoms with Crippen molar-refractivity contribution in [3.63, 3.8) is 0 Å². The molecule has 0 radical (unpaired) electrons. The van der Waals surface area contributed by atoms with Crippen molar-refractivity contribution in [3.05, 3.63) is 51.8 Å². The fraction of sp³-hybridized carbons (Fsp3) is 0.333. The van der Waals surface area contributed by atoms with Gasteiger partial charge in [0, 0.05) is 24.2 Å². The van der Waals surface area contributed by atoms with E-state index in [1.807, 2.05) is 44.2 Å². The fourth-order valence-electron chi connectivity index (χ4n) is 3.16. The number of fused-ring (bicyclic) bond motifs is 2. The standard InChI is InChI=1S/C21H22N2O3S/c1-4-7-23-16-11-17-18(26-9-8-25-17)12-19(16)27-21(23)22-20(24)15-6-5-13(2)14(3)10-15/h5-6,10-12H,4,7-9H2,1-3H3. The van der Waals surface area contributed by atoms with Gasteiger partial charge in [-0.05, 0) is 43.5 Å². The van der Waals surface area contributed by atoms with Gasteiger partial charge in [0.2, 0.25) is 0 Å². The number of aryl methyl sites for hydroxylation is 3. The van der Waals surface area contributed by atoms with Gasteiger partial charge in [-0.2, -0.15) is 4.99 Å². The number of carbonyl (C=O) groups excluding carboxylic acids is 1. The maximum absolute atomic E-state index is 12.7. The number of benzene rings is 2. The number of aromatic nitrogens is 1. The van der Waals surface area contributed by atoms with Crippen LogP contribution in [0, 0.1) is 13.8 Å². The molecule has 0 bridgehead atoms. The summed E-state index contributed by atoms with van der Waals surface area (Å²) in [4.78, 5) is 17.9. The van der Waals surface area contributed by atoms with Crippen LogP contribution in [-0.4, -0.2) is 23.7 Å². The van der Waals surface area contributed by atoms with Gasteiger partial charge in [-0.1, -0.05) is 24.3 Å². The van der Waals surface area contributed by atoms with E-state index >= 15 is 0 Å². The van der Waals surface area contributed by atoms with Crippen LogP contribution in [0.4, 0.5) is 0 Å². The van der Waals surface area contributed by atoms with E-state index in [0.29, 0.717) is 23.6 Å². The van der Waals surface area contributed by atoms with Crippen LogP contribution in [0.5, 0.6) is 11.5 Å². The molecule has 2 aromatic carbocycles. The molecule has 0 atom stereocenters. The molecule has 0 saturated carbocycles. The summed E-state index contributed by atoms with van der Waals surface area (Å²) in [6.45, 7) is 8.06. The van der Waals surface area contributed by atoms with Gasteiger partial charge in [0.1, 0.15) is 13.2 Å². The summed E-state index contributed by atoms with van der Waals surface area (Å²) in [7, 11) is 0. The second kappa shape index (κ2) is 7.19. The molecule has 27 heavy (non-hydrogen) atoms. The molecule has 5 nitrogen and oxygen atoms in total. The molecule has 140 valence electrons. The maximum Gasteiger partial charge on any atom is 0.279 e. The smallest absolute Gasteiger partial charge is 0.279 e. The molecule has 0 N–H and O–H groups in total. The van der Waals surface area contributed by atoms with E-state index in [1.165, 1.54) is 16.9 Å². The number of ether oxygens (including phenoxy) is 2. The third kappa shape index (κ3) is 3.37. The molecule has 0 saturated heterocycles. The molecule has 4 rings (SSSR count). The minimum atomic E-state index is -0.216. The Labute approximate surface area is 161 Å². The van der Waals surface area contributed by atoms with Crippen LogP contribution >= 0.6 is 11.3 Å². The average molecular weight is 382 g/mol. The minimum Gasteiger partial charge on any atom is -0.486 e. The molecule has 1 aromatic heterocycles. The molecule has 0 aliphatic carbocycles. The molecule has 0 spiro atoms. The first-order chi connectivity index (χ1) is 13.1. The van der Waals surface area contributed by atoms with Gasteiger partial charge in [0.25, 0.3) is 5.91 Å². The molecule has 6 heteroatoms. The van der Waals surface area contributed by atoms with E-state index in [9.17, 15) is 4.79 Å². The number of hydrogen-bond donors (Lipinski definition) is 0. The highest BCUT2D eigenvalue weighted by atomic mass is 32.1. The van der Waals surface area contributed by atoms with Crippen molar-refractivity contribution < 1.29 is 14.3 Å². The summed E-state index contributed by atoms with van der Waals surface area (Å²) in [6, 6.07) is 9.69. The van der Waals surface area contributed by atoms with Crippen LogP contribution in [0.2, 0.25) is 0 Å². The Kier molecular flexibility index (Phi) is 4.74. The van der Waals surface area contributed by atoms with E-state index in [-0.39, 0.29) is 5.91 Å². The highest BCUT2D eigenvalue weighted by Gasteiger charge is 2.17. The van der Waals surface area contributed by atoms with Crippen molar-refractivity contribution in [2.45, 2.75) is 33.7 Å². The Morgan fingerprint density at radius 3 is 2.56 bits per heavy atom. The predicted molar refractivity (Wildman–Crippen MR) is 107 cm³/mol. The number of carbonyl (C=O) groups is 1. The van der Waals surface area contributed by atoms with Crippen LogP contribution in [0.15, 0.2) is 35.3 Å². The van der Waals surface area contributed by atoms with E-state index in [0.717, 1.165) is 40.2 Å². The van der Waals surface area contributed by atoms with Crippen molar-refractivity contribution in [2.75, 3.05) is 13.2 Å².